The van der Waals surface area contributed by atoms with Gasteiger partial charge in [-0.05, 0) is 152 Å². The van der Waals surface area contributed by atoms with Gasteiger partial charge in [0.15, 0.2) is 14.3 Å². The SMILES string of the molecule is COc1c(C(C)(C)C)cc(P(=O)(c2cc(C(C)(C)C)c(OC)c(C(C)(C)C)c2)c2ccc3cc2-c2cc(ccc2P(=O)(c2cc(C(C)(C)C)c(OC)c(C(C)(C)C)c2)c2cc(C(C)(C)C)c(OC)c(C(C)(C)C)c2)OCCCCCCCCCCO3)cc1C(C)(C)C. The third kappa shape index (κ3) is 15.4. The zero-order valence-corrected chi connectivity index (χ0v) is 64.1. The van der Waals surface area contributed by atoms with E-state index >= 15 is 9.13 Å². The smallest absolute Gasteiger partial charge is 0.171 e. The standard InChI is InChI=1S/C82H118O8P2/c1-75(2,3)61-45-55(46-62(71(61)85-25)76(4,5)6)91(83,56-47-63(77(7,8)9)72(86-26)64(48-56)78(10,11)12)69-39-37-53-43-59(69)60-44-54(90-42-36-34-32-30-29-31-33-35-41-89-53)38-40-70(60)92(84,57-49-65(79(13,14)15)73(87-27)66(50-57)80(16,17)18)58-51-67(81(19,20)21)74(88-28)68(52-58)82(22,23)24/h37-40,43-52H,29-36,41-42H2,1-28H3. The molecule has 6 aromatic rings. The van der Waals surface area contributed by atoms with Crippen molar-refractivity contribution < 1.29 is 37.6 Å². The molecule has 0 spiro atoms. The zero-order chi connectivity index (χ0) is 68.9. The molecule has 0 amide bonds. The number of benzene rings is 6. The Balaban J connectivity index is 1.87. The maximum absolute atomic E-state index is 19.1. The molecule has 0 fully saturated rings. The first-order valence-corrected chi connectivity index (χ1v) is 37.4. The molecule has 4 bridgehead atoms. The van der Waals surface area contributed by atoms with Crippen molar-refractivity contribution in [1.29, 1.82) is 0 Å². The number of ether oxygens (including phenoxy) is 6. The summed E-state index contributed by atoms with van der Waals surface area (Å²) in [6.45, 7) is 53.9. The molecule has 7 rings (SSSR count). The summed E-state index contributed by atoms with van der Waals surface area (Å²) < 4.78 is 78.1. The van der Waals surface area contributed by atoms with Crippen LogP contribution >= 0.6 is 14.3 Å². The first kappa shape index (κ1) is 74.0. The van der Waals surface area contributed by atoms with Crippen LogP contribution in [-0.4, -0.2) is 41.7 Å². The topological polar surface area (TPSA) is 89.5 Å². The number of hydrogen-bond acceptors (Lipinski definition) is 8. The van der Waals surface area contributed by atoms with Crippen LogP contribution in [0.3, 0.4) is 0 Å². The molecule has 6 aromatic carbocycles. The minimum Gasteiger partial charge on any atom is -0.496 e. The lowest BCUT2D eigenvalue weighted by Crippen LogP contribution is -2.34. The summed E-state index contributed by atoms with van der Waals surface area (Å²) in [5, 5.41) is 3.83. The molecule has 1 aliphatic rings. The monoisotopic (exact) mass is 1290 g/mol. The molecule has 0 radical (unpaired) electrons. The third-order valence-corrected chi connectivity index (χ3v) is 24.6. The van der Waals surface area contributed by atoms with Crippen LogP contribution in [0.5, 0.6) is 34.5 Å². The normalized spacial score (nSPS) is 15.0. The molecule has 1 aliphatic heterocycles. The van der Waals surface area contributed by atoms with Crippen molar-refractivity contribution in [2.75, 3.05) is 41.7 Å². The Morgan fingerprint density at radius 1 is 0.283 bits per heavy atom. The highest BCUT2D eigenvalue weighted by atomic mass is 31.2. The molecule has 0 atom stereocenters. The molecule has 0 saturated carbocycles. The largest absolute Gasteiger partial charge is 0.496 e. The number of methoxy groups -OCH3 is 4. The van der Waals surface area contributed by atoms with Crippen LogP contribution in [-0.2, 0) is 52.5 Å². The van der Waals surface area contributed by atoms with Crippen molar-refractivity contribution in [3.63, 3.8) is 0 Å². The molecule has 0 aromatic heterocycles. The lowest BCUT2D eigenvalue weighted by atomic mass is 9.79. The molecular formula is C82H118O8P2. The zero-order valence-electron chi connectivity index (χ0n) is 62.3. The number of hydrogen-bond donors (Lipinski definition) is 0. The van der Waals surface area contributed by atoms with Gasteiger partial charge >= 0.3 is 0 Å². The molecule has 92 heavy (non-hydrogen) atoms. The average Bonchev–Trinajstić information content (AvgIpc) is 0.720. The van der Waals surface area contributed by atoms with Crippen molar-refractivity contribution in [1.82, 2.24) is 0 Å². The minimum atomic E-state index is -4.21. The number of rotatable bonds is 10. The molecule has 1 heterocycles. The summed E-state index contributed by atoms with van der Waals surface area (Å²) in [6.07, 6.45) is 8.53. The van der Waals surface area contributed by atoms with Crippen LogP contribution in [0.25, 0.3) is 11.1 Å². The van der Waals surface area contributed by atoms with Gasteiger partial charge in [0.1, 0.15) is 34.5 Å². The summed E-state index contributed by atoms with van der Waals surface area (Å²) in [5.74, 6) is 4.40. The van der Waals surface area contributed by atoms with Gasteiger partial charge in [0.05, 0.1) is 41.7 Å². The summed E-state index contributed by atoms with van der Waals surface area (Å²) in [5.41, 5.74) is 5.32. The fourth-order valence-corrected chi connectivity index (χ4v) is 19.0. The van der Waals surface area contributed by atoms with Gasteiger partial charge in [-0.15, -0.1) is 0 Å². The summed E-state index contributed by atoms with van der Waals surface area (Å²) in [7, 11) is -1.41. The summed E-state index contributed by atoms with van der Waals surface area (Å²) in [6, 6.07) is 29.7. The van der Waals surface area contributed by atoms with Gasteiger partial charge in [0, 0.05) is 76.3 Å². The van der Waals surface area contributed by atoms with E-state index in [-0.39, 0.29) is 0 Å². The summed E-state index contributed by atoms with van der Waals surface area (Å²) >= 11 is 0. The Morgan fingerprint density at radius 3 is 0.641 bits per heavy atom. The van der Waals surface area contributed by atoms with Gasteiger partial charge in [-0.2, -0.15) is 0 Å². The van der Waals surface area contributed by atoms with Gasteiger partial charge in [0.2, 0.25) is 0 Å². The van der Waals surface area contributed by atoms with Gasteiger partial charge < -0.3 is 37.6 Å². The maximum atomic E-state index is 19.1. The molecule has 0 saturated heterocycles. The van der Waals surface area contributed by atoms with E-state index in [4.69, 9.17) is 28.4 Å². The molecule has 0 N–H and O–H groups in total. The van der Waals surface area contributed by atoms with E-state index in [0.717, 1.165) is 106 Å². The molecule has 504 valence electrons. The lowest BCUT2D eigenvalue weighted by Gasteiger charge is -2.35. The van der Waals surface area contributed by atoms with Crippen LogP contribution in [0.2, 0.25) is 0 Å². The Morgan fingerprint density at radius 2 is 0.467 bits per heavy atom. The first-order valence-electron chi connectivity index (χ1n) is 34.0. The Labute approximate surface area is 558 Å². The maximum Gasteiger partial charge on any atom is 0.171 e. The van der Waals surface area contributed by atoms with Crippen LogP contribution in [0.15, 0.2) is 84.9 Å². The van der Waals surface area contributed by atoms with Crippen molar-refractivity contribution in [2.45, 2.75) is 261 Å². The Hall–Kier alpha value is -5.42. The van der Waals surface area contributed by atoms with Crippen LogP contribution in [0.1, 0.15) is 262 Å². The highest BCUT2D eigenvalue weighted by molar-refractivity contribution is 7.86. The van der Waals surface area contributed by atoms with E-state index in [9.17, 15) is 0 Å². The van der Waals surface area contributed by atoms with Crippen molar-refractivity contribution >= 4 is 46.1 Å². The van der Waals surface area contributed by atoms with E-state index in [0.29, 0.717) is 67.7 Å². The van der Waals surface area contributed by atoms with E-state index < -0.39 is 57.6 Å². The quantitative estimate of drug-likeness (QED) is 0.125. The van der Waals surface area contributed by atoms with Crippen LogP contribution in [0, 0.1) is 0 Å². The molecule has 10 heteroatoms. The second kappa shape index (κ2) is 27.0. The van der Waals surface area contributed by atoms with Crippen LogP contribution < -0.4 is 60.2 Å². The minimum absolute atomic E-state index is 0.446. The Bertz CT molecular complexity index is 3170. The highest BCUT2D eigenvalue weighted by Gasteiger charge is 2.44. The first-order chi connectivity index (χ1) is 42.3. The van der Waals surface area contributed by atoms with Crippen molar-refractivity contribution in [3.8, 4) is 45.6 Å². The lowest BCUT2D eigenvalue weighted by molar-refractivity contribution is 0.301. The fraction of sp³-hybridized carbons (Fsp3) is 0.561. The van der Waals surface area contributed by atoms with E-state index in [1.807, 2.05) is 12.1 Å². The van der Waals surface area contributed by atoms with Gasteiger partial charge in [-0.3, -0.25) is 0 Å². The predicted octanol–water partition coefficient (Wildman–Crippen LogP) is 19.9. The summed E-state index contributed by atoms with van der Waals surface area (Å²) in [4.78, 5) is 0. The van der Waals surface area contributed by atoms with Crippen LogP contribution in [0.4, 0.5) is 0 Å². The molecule has 0 unspecified atom stereocenters. The number of fused-ring (bicyclic) bond motifs is 5. The van der Waals surface area contributed by atoms with Gasteiger partial charge in [0.25, 0.3) is 0 Å². The fourth-order valence-electron chi connectivity index (χ4n) is 13.2. The molecule has 8 nitrogen and oxygen atoms in total. The molecule has 0 aliphatic carbocycles. The predicted molar refractivity (Wildman–Crippen MR) is 394 cm³/mol. The van der Waals surface area contributed by atoms with Gasteiger partial charge in [-0.1, -0.05) is 205 Å². The van der Waals surface area contributed by atoms with E-state index in [1.54, 1.807) is 28.4 Å². The van der Waals surface area contributed by atoms with Gasteiger partial charge in [-0.25, -0.2) is 0 Å². The molecular weight excluding hydrogens is 1170 g/mol. The van der Waals surface area contributed by atoms with E-state index in [1.165, 1.54) is 12.8 Å². The Kier molecular flexibility index (Phi) is 21.7. The third-order valence-electron chi connectivity index (χ3n) is 18.5. The second-order valence-corrected chi connectivity index (χ2v) is 39.9. The van der Waals surface area contributed by atoms with Crippen molar-refractivity contribution in [3.05, 3.63) is 129 Å². The average molecular weight is 1290 g/mol. The highest BCUT2D eigenvalue weighted by Crippen LogP contribution is 2.56. The van der Waals surface area contributed by atoms with Crippen molar-refractivity contribution in [2.24, 2.45) is 0 Å². The van der Waals surface area contributed by atoms with E-state index in [2.05, 4.69) is 239 Å². The second-order valence-electron chi connectivity index (χ2n) is 34.4.